The molecule has 20 heteroatoms. The first-order valence-corrected chi connectivity index (χ1v) is 50.4. The van der Waals surface area contributed by atoms with E-state index in [1.165, 1.54) is 100 Å². The molecule has 16 aromatic rings. The molecule has 0 fully saturated rings. The van der Waals surface area contributed by atoms with Crippen LogP contribution in [0.2, 0.25) is 58.9 Å². The number of aryl methyl sites for hydroxylation is 1. The van der Waals surface area contributed by atoms with Gasteiger partial charge in [-0.05, 0) is 90.9 Å². The van der Waals surface area contributed by atoms with Gasteiger partial charge < -0.3 is 24.4 Å². The number of hydrogen-bond donors (Lipinski definition) is 0. The van der Waals surface area contributed by atoms with E-state index in [9.17, 15) is 0 Å². The number of rotatable bonds is 10. The van der Waals surface area contributed by atoms with Crippen molar-refractivity contribution in [3.05, 3.63) is 370 Å². The van der Waals surface area contributed by atoms with Crippen LogP contribution in [-0.4, -0.2) is 95.7 Å². The van der Waals surface area contributed by atoms with Gasteiger partial charge in [-0.3, -0.25) is 0 Å². The number of nitrogens with zero attached hydrogens (tertiary/aromatic N) is 12. The quantitative estimate of drug-likeness (QED) is 0.0951. The maximum Gasteiger partial charge on any atom is 0.138 e. The molecule has 3 radical (unpaired) electrons. The molecule has 20 rings (SSSR count). The van der Waals surface area contributed by atoms with Crippen molar-refractivity contribution < 1.29 is 69.8 Å². The van der Waals surface area contributed by atoms with E-state index < -0.39 is 24.2 Å². The third kappa shape index (κ3) is 21.5. The van der Waals surface area contributed by atoms with Gasteiger partial charge in [0, 0.05) is 102 Å². The number of allylic oxidation sites excluding steroid dienone is 4. The van der Waals surface area contributed by atoms with Crippen molar-refractivity contribution in [3.8, 4) is 73.5 Å². The fraction of sp³-hybridized carbons (Fsp3) is 0.178. The summed E-state index contributed by atoms with van der Waals surface area (Å²) in [7, 11) is -4.25. The predicted molar refractivity (Wildman–Crippen MR) is 487 cm³/mol. The van der Waals surface area contributed by atoms with Crippen molar-refractivity contribution in [1.82, 2.24) is 59.2 Å². The number of fused-ring (bicyclic) bond motifs is 9. The van der Waals surface area contributed by atoms with E-state index >= 15 is 0 Å². The van der Waals surface area contributed by atoms with Gasteiger partial charge in [0.1, 0.15) is 50.2 Å². The average Bonchev–Trinajstić information content (AvgIpc) is 1.74. The Labute approximate surface area is 754 Å². The Morgan fingerprint density at radius 1 is 0.372 bits per heavy atom. The number of pyridine rings is 3. The zero-order valence-electron chi connectivity index (χ0n) is 69.9. The molecule has 6 aromatic heterocycles. The largest absolute Gasteiger partial charge is 0.512 e. The van der Waals surface area contributed by atoms with Crippen LogP contribution >= 0.6 is 0 Å². The molecule has 0 amide bonds. The van der Waals surface area contributed by atoms with Crippen molar-refractivity contribution in [3.63, 3.8) is 0 Å². The molecule has 0 spiro atoms. The monoisotopic (exact) mass is 2170 g/mol. The molecule has 0 bridgehead atoms. The smallest absolute Gasteiger partial charge is 0.138 e. The summed E-state index contributed by atoms with van der Waals surface area (Å²) >= 11 is 0. The van der Waals surface area contributed by atoms with Crippen LogP contribution in [0.4, 0.5) is 0 Å². The van der Waals surface area contributed by atoms with Gasteiger partial charge in [-0.25, -0.2) is 29.0 Å². The van der Waals surface area contributed by atoms with Crippen molar-refractivity contribution in [1.29, 1.82) is 0 Å². The van der Waals surface area contributed by atoms with Crippen LogP contribution in [0.5, 0.6) is 11.5 Å². The molecule has 2 aliphatic carbocycles. The first-order valence-electron chi connectivity index (χ1n) is 39.9. The summed E-state index contributed by atoms with van der Waals surface area (Å²) in [5, 5.41) is 23.8. The molecule has 0 N–H and O–H groups in total. The zero-order valence-corrected chi connectivity index (χ0v) is 80.1. The van der Waals surface area contributed by atoms with Crippen molar-refractivity contribution in [2.45, 2.75) is 116 Å². The number of benzene rings is 10. The number of para-hydroxylation sites is 1. The van der Waals surface area contributed by atoms with E-state index in [0.717, 1.165) is 62.3 Å². The standard InChI is InChI=1S/C24H22NSi.C22H26NSi.C19H20NSi.2C14H10N3O.C8H6N3.3Ir/c1-26(2,3)24-17-25-23(16-22(24)19-10-5-4-6-11-19)21-14-13-18-9-7-8-12-20(18)15-21;1-22(2,3)19-14-20(23-15-21(19)24(4,5)6)18-12-11-16-9-7-8-10-17(16)13-18;1-14-11-18(20-13-19(14)21(2,3)4)17-10-9-15-7-5-6-8-16(15)12-17;2*1-2-4-13-11(3-1)12-6-5-10(7-14(12)18-13)17-9-15-8-16-17;1-2-4-8(5-3-1)11-7-9-6-10-11;;;/h4-13,15-17H,1-3H3;7-11,13-15H,1-6H3;5-9,11-13H,1-4H3;2*1-4,6-9,11,13H;1-4,6-7H;;;/q6*-1;;;. The van der Waals surface area contributed by atoms with Gasteiger partial charge in [0.15, 0.2) is 0 Å². The second-order valence-corrected chi connectivity index (χ2v) is 48.8. The molecule has 14 nitrogen and oxygen atoms in total. The van der Waals surface area contributed by atoms with Gasteiger partial charge in [0.25, 0.3) is 0 Å². The molecular weight excluding hydrogens is 2070 g/mol. The van der Waals surface area contributed by atoms with Crippen molar-refractivity contribution in [2.24, 2.45) is 0 Å². The summed E-state index contributed by atoms with van der Waals surface area (Å²) in [6.07, 6.45) is 32.6. The maximum absolute atomic E-state index is 5.93. The van der Waals surface area contributed by atoms with Crippen LogP contribution in [0, 0.1) is 43.3 Å². The van der Waals surface area contributed by atoms with E-state index in [0.29, 0.717) is 11.8 Å². The predicted octanol–water partition coefficient (Wildman–Crippen LogP) is 21.2. The number of hydrogen-bond acceptors (Lipinski definition) is 11. The molecule has 0 saturated carbocycles. The Bertz CT molecular complexity index is 6200. The number of aromatic nitrogens is 12. The van der Waals surface area contributed by atoms with Crippen molar-refractivity contribution >= 4 is 72.1 Å². The van der Waals surface area contributed by atoms with Crippen molar-refractivity contribution in [2.75, 3.05) is 0 Å². The summed E-state index contributed by atoms with van der Waals surface area (Å²) < 4.78 is 16.9. The van der Waals surface area contributed by atoms with Crippen LogP contribution in [0.3, 0.4) is 0 Å². The van der Waals surface area contributed by atoms with E-state index in [-0.39, 0.29) is 77.9 Å². The van der Waals surface area contributed by atoms with Crippen LogP contribution in [-0.2, 0) is 65.7 Å². The van der Waals surface area contributed by atoms with Crippen LogP contribution in [0.15, 0.2) is 311 Å². The SMILES string of the molecule is CC(C)(C)c1cc(-c2[c-]cc3ccccc3c2)ncc1[Si](C)(C)C.C[Si](C)(C)c1cnc(-c2[c-]cc3ccccc3c2)cc1-c1ccccc1.Cc1cc(-c2[c-]cc3ccccc3c2)ncc1[Si](C)(C)C.[Ir].[Ir].[Ir].[c-]1cc2c(cc1-n1cncn1)OC1C=CC=CC21.[c-]1cc2c(cc1-n1cncn1)OC1C=CC=CC21.[c-]1ccccc1-n1cncn1. The molecular formula is C101H94Ir3N12O2Si3-6. The third-order valence-corrected chi connectivity index (χ3v) is 27.2. The van der Waals surface area contributed by atoms with Gasteiger partial charge >= 0.3 is 0 Å². The fourth-order valence-corrected chi connectivity index (χ4v) is 19.8. The number of ether oxygens (including phenoxy) is 2. The maximum atomic E-state index is 5.93. The van der Waals surface area contributed by atoms with Crippen LogP contribution in [0.1, 0.15) is 54.9 Å². The van der Waals surface area contributed by atoms with Gasteiger partial charge in [-0.15, -0.1) is 117 Å². The van der Waals surface area contributed by atoms with Crippen LogP contribution in [0.25, 0.3) is 94.3 Å². The Balaban J connectivity index is 0.000000134. The third-order valence-electron chi connectivity index (χ3n) is 21.1. The van der Waals surface area contributed by atoms with E-state index in [1.54, 1.807) is 33.0 Å². The Morgan fingerprint density at radius 3 is 1.17 bits per heavy atom. The molecule has 4 atom stereocenters. The molecule has 8 heterocycles. The molecule has 4 aliphatic rings. The van der Waals surface area contributed by atoms with Gasteiger partial charge in [-0.2, -0.15) is 63.8 Å². The fourth-order valence-electron chi connectivity index (χ4n) is 14.9. The van der Waals surface area contributed by atoms with Gasteiger partial charge in [-0.1, -0.05) is 259 Å². The minimum absolute atomic E-state index is 0. The summed E-state index contributed by atoms with van der Waals surface area (Å²) in [6.45, 7) is 30.4. The summed E-state index contributed by atoms with van der Waals surface area (Å²) in [5.74, 6) is 2.44. The van der Waals surface area contributed by atoms with E-state index in [1.807, 2.05) is 66.7 Å². The minimum Gasteiger partial charge on any atom is -0.512 e. The summed E-state index contributed by atoms with van der Waals surface area (Å²) in [5.41, 5.74) is 16.6. The molecule has 615 valence electrons. The Morgan fingerprint density at radius 2 is 0.760 bits per heavy atom. The summed E-state index contributed by atoms with van der Waals surface area (Å²) in [4.78, 5) is 26.0. The zero-order chi connectivity index (χ0) is 82.1. The second kappa shape index (κ2) is 39.2. The first-order chi connectivity index (χ1) is 56.9. The molecule has 4 unspecified atom stereocenters. The topological polar surface area (TPSA) is 149 Å². The van der Waals surface area contributed by atoms with E-state index in [2.05, 4.69) is 365 Å². The Hall–Kier alpha value is -11.0. The normalized spacial score (nSPS) is 15.0. The average molecular weight is 2170 g/mol. The summed E-state index contributed by atoms with van der Waals surface area (Å²) in [6, 6.07) is 90.5. The van der Waals surface area contributed by atoms with Gasteiger partial charge in [0.05, 0.1) is 24.2 Å². The first kappa shape index (κ1) is 89.3. The molecule has 0 saturated heterocycles. The Kier molecular flexibility index (Phi) is 29.0. The minimum atomic E-state index is -1.50. The van der Waals surface area contributed by atoms with E-state index in [4.69, 9.17) is 19.4 Å². The van der Waals surface area contributed by atoms with Crippen LogP contribution < -0.4 is 25.0 Å². The van der Waals surface area contributed by atoms with Gasteiger partial charge in [0.2, 0.25) is 0 Å². The molecule has 10 aromatic carbocycles. The second-order valence-electron chi connectivity index (χ2n) is 33.7. The molecule has 121 heavy (non-hydrogen) atoms. The molecule has 2 aliphatic heterocycles.